The fraction of sp³-hybridized carbons (Fsp3) is 0.100. The molecule has 10 heteroatoms. The lowest BCUT2D eigenvalue weighted by Crippen LogP contribution is -2.20. The molecular formula is C30H24ClN7O2. The predicted molar refractivity (Wildman–Crippen MR) is 154 cm³/mol. The van der Waals surface area contributed by atoms with E-state index in [1.807, 2.05) is 60.7 Å². The van der Waals surface area contributed by atoms with Gasteiger partial charge in [0.15, 0.2) is 5.65 Å². The zero-order chi connectivity index (χ0) is 27.6. The normalized spacial score (nSPS) is 11.3. The quantitative estimate of drug-likeness (QED) is 0.276. The lowest BCUT2D eigenvalue weighted by Gasteiger charge is -2.18. The zero-order valence-electron chi connectivity index (χ0n) is 21.5. The number of rotatable bonds is 7. The molecule has 2 N–H and O–H groups in total. The van der Waals surface area contributed by atoms with E-state index in [9.17, 15) is 9.59 Å². The van der Waals surface area contributed by atoms with Gasteiger partial charge in [0.2, 0.25) is 11.9 Å². The number of aryl methyl sites for hydroxylation is 1. The number of aromatic nitrogens is 6. The molecule has 3 aromatic heterocycles. The van der Waals surface area contributed by atoms with Crippen molar-refractivity contribution < 1.29 is 4.79 Å². The average molecular weight is 550 g/mol. The third-order valence-electron chi connectivity index (χ3n) is 6.59. The van der Waals surface area contributed by atoms with Crippen LogP contribution in [0, 0.1) is 6.92 Å². The molecule has 6 rings (SSSR count). The van der Waals surface area contributed by atoms with Crippen LogP contribution in [0.15, 0.2) is 102 Å². The Bertz CT molecular complexity index is 1820. The fourth-order valence-electron chi connectivity index (χ4n) is 4.71. The number of nitrogens with zero attached hydrogens (tertiary/aromatic N) is 5. The number of aromatic amines is 1. The lowest BCUT2D eigenvalue weighted by molar-refractivity contribution is -0.116. The van der Waals surface area contributed by atoms with E-state index < -0.39 is 0 Å². The van der Waals surface area contributed by atoms with Gasteiger partial charge in [-0.3, -0.25) is 14.6 Å². The number of H-pyrrole nitrogens is 1. The van der Waals surface area contributed by atoms with Crippen LogP contribution in [0.4, 0.5) is 5.82 Å². The Hall–Kier alpha value is -5.02. The van der Waals surface area contributed by atoms with Gasteiger partial charge in [-0.05, 0) is 42.3 Å². The number of anilines is 1. The van der Waals surface area contributed by atoms with E-state index in [-0.39, 0.29) is 29.8 Å². The minimum atomic E-state index is -0.376. The van der Waals surface area contributed by atoms with Gasteiger partial charge in [0.25, 0.3) is 5.56 Å². The first-order chi connectivity index (χ1) is 19.5. The Morgan fingerprint density at radius 1 is 0.950 bits per heavy atom. The molecule has 3 heterocycles. The van der Waals surface area contributed by atoms with Gasteiger partial charge < -0.3 is 5.32 Å². The molecule has 0 spiro atoms. The molecule has 0 atom stereocenters. The molecule has 40 heavy (non-hydrogen) atoms. The highest BCUT2D eigenvalue weighted by molar-refractivity contribution is 6.30. The summed E-state index contributed by atoms with van der Waals surface area (Å²) in [6.07, 6.45) is 1.68. The van der Waals surface area contributed by atoms with Crippen LogP contribution < -0.4 is 10.9 Å². The monoisotopic (exact) mass is 549 g/mol. The van der Waals surface area contributed by atoms with E-state index in [4.69, 9.17) is 11.6 Å². The van der Waals surface area contributed by atoms with Crippen LogP contribution in [0.5, 0.6) is 0 Å². The number of carbonyl (C=O) groups excluding carboxylic acids is 1. The Morgan fingerprint density at radius 3 is 2.25 bits per heavy atom. The van der Waals surface area contributed by atoms with Gasteiger partial charge in [0, 0.05) is 23.4 Å². The van der Waals surface area contributed by atoms with Crippen LogP contribution in [-0.4, -0.2) is 35.4 Å². The van der Waals surface area contributed by atoms with Crippen molar-refractivity contribution in [1.29, 1.82) is 0 Å². The summed E-state index contributed by atoms with van der Waals surface area (Å²) in [6, 6.07) is 28.6. The van der Waals surface area contributed by atoms with Crippen LogP contribution in [-0.2, 0) is 4.79 Å². The number of nitrogens with one attached hydrogen (secondary N) is 2. The van der Waals surface area contributed by atoms with Gasteiger partial charge in [-0.25, -0.2) is 4.68 Å². The molecule has 0 aliphatic heterocycles. The maximum absolute atomic E-state index is 13.4. The molecule has 1 amide bonds. The van der Waals surface area contributed by atoms with Crippen LogP contribution in [0.25, 0.3) is 22.7 Å². The molecular weight excluding hydrogens is 526 g/mol. The Balaban J connectivity index is 1.33. The molecule has 0 unspecified atom stereocenters. The second kappa shape index (κ2) is 10.6. The average Bonchev–Trinajstić information content (AvgIpc) is 3.56. The topological polar surface area (TPSA) is 110 Å². The minimum absolute atomic E-state index is 0.136. The maximum atomic E-state index is 13.4. The molecule has 9 nitrogen and oxygen atoms in total. The van der Waals surface area contributed by atoms with Crippen LogP contribution in [0.1, 0.15) is 29.2 Å². The molecule has 6 aromatic rings. The standard InChI is InChI=1S/C30H24ClN7O2/c1-19-16-26(33-27(39)17-24(20-8-4-2-5-9-20)21-10-6-3-7-11-21)38(36-19)30-34-28-25(29(40)35-30)18-32-37(28)23-14-12-22(31)13-15-23/h2-16,18,24H,17H2,1H3,(H,33,39)(H,34,35,40). The van der Waals surface area contributed by atoms with Gasteiger partial charge in [-0.15, -0.1) is 0 Å². The van der Waals surface area contributed by atoms with Gasteiger partial charge in [-0.1, -0.05) is 72.3 Å². The molecule has 0 aliphatic carbocycles. The molecule has 0 bridgehead atoms. The van der Waals surface area contributed by atoms with E-state index >= 15 is 0 Å². The second-order valence-electron chi connectivity index (χ2n) is 9.37. The molecule has 0 saturated heterocycles. The summed E-state index contributed by atoms with van der Waals surface area (Å²) in [7, 11) is 0. The number of fused-ring (bicyclic) bond motifs is 1. The summed E-state index contributed by atoms with van der Waals surface area (Å²) in [4.78, 5) is 33.8. The van der Waals surface area contributed by atoms with Crippen molar-refractivity contribution in [1.82, 2.24) is 29.5 Å². The summed E-state index contributed by atoms with van der Waals surface area (Å²) in [5.74, 6) is 0.207. The highest BCUT2D eigenvalue weighted by Crippen LogP contribution is 2.28. The van der Waals surface area contributed by atoms with E-state index in [0.29, 0.717) is 33.3 Å². The van der Waals surface area contributed by atoms with Crippen molar-refractivity contribution in [2.45, 2.75) is 19.3 Å². The molecule has 198 valence electrons. The lowest BCUT2D eigenvalue weighted by atomic mass is 9.88. The van der Waals surface area contributed by atoms with E-state index in [1.54, 1.807) is 41.9 Å². The van der Waals surface area contributed by atoms with Crippen molar-refractivity contribution in [3.8, 4) is 11.6 Å². The van der Waals surface area contributed by atoms with Gasteiger partial charge in [0.1, 0.15) is 11.2 Å². The summed E-state index contributed by atoms with van der Waals surface area (Å²) in [5.41, 5.74) is 3.40. The number of hydrogen-bond acceptors (Lipinski definition) is 5. The number of amides is 1. The van der Waals surface area contributed by atoms with Crippen LogP contribution in [0.3, 0.4) is 0 Å². The summed E-state index contributed by atoms with van der Waals surface area (Å²) in [5, 5.41) is 12.7. The van der Waals surface area contributed by atoms with Crippen molar-refractivity contribution in [2.24, 2.45) is 0 Å². The van der Waals surface area contributed by atoms with Crippen LogP contribution in [0.2, 0.25) is 5.02 Å². The number of halogens is 1. The van der Waals surface area contributed by atoms with Crippen molar-refractivity contribution >= 4 is 34.4 Å². The van der Waals surface area contributed by atoms with Crippen molar-refractivity contribution in [2.75, 3.05) is 5.32 Å². The first-order valence-corrected chi connectivity index (χ1v) is 13.0. The van der Waals surface area contributed by atoms with Gasteiger partial charge in [0.05, 0.1) is 17.6 Å². The molecule has 0 radical (unpaired) electrons. The number of carbonyl (C=O) groups is 1. The summed E-state index contributed by atoms with van der Waals surface area (Å²) < 4.78 is 2.98. The predicted octanol–water partition coefficient (Wildman–Crippen LogP) is 5.42. The first kappa shape index (κ1) is 25.3. The van der Waals surface area contributed by atoms with E-state index in [0.717, 1.165) is 11.1 Å². The Kier molecular flexibility index (Phi) is 6.71. The Labute approximate surface area is 234 Å². The highest BCUT2D eigenvalue weighted by atomic mass is 35.5. The van der Waals surface area contributed by atoms with Gasteiger partial charge in [-0.2, -0.15) is 19.9 Å². The molecule has 0 aliphatic rings. The smallest absolute Gasteiger partial charge is 0.263 e. The van der Waals surface area contributed by atoms with Crippen molar-refractivity contribution in [3.63, 3.8) is 0 Å². The minimum Gasteiger partial charge on any atom is -0.310 e. The number of benzene rings is 3. The van der Waals surface area contributed by atoms with Gasteiger partial charge >= 0.3 is 0 Å². The number of hydrogen-bond donors (Lipinski definition) is 2. The molecule has 3 aromatic carbocycles. The molecule has 0 fully saturated rings. The third-order valence-corrected chi connectivity index (χ3v) is 6.84. The fourth-order valence-corrected chi connectivity index (χ4v) is 4.83. The summed E-state index contributed by atoms with van der Waals surface area (Å²) >= 11 is 6.04. The summed E-state index contributed by atoms with van der Waals surface area (Å²) in [6.45, 7) is 1.80. The SMILES string of the molecule is Cc1cc(NC(=O)CC(c2ccccc2)c2ccccc2)n(-c2nc3c(cnn3-c3ccc(Cl)cc3)c(=O)[nH]2)n1. The second-order valence-corrected chi connectivity index (χ2v) is 9.81. The molecule has 0 saturated carbocycles. The van der Waals surface area contributed by atoms with Crippen LogP contribution >= 0.6 is 11.6 Å². The maximum Gasteiger partial charge on any atom is 0.263 e. The first-order valence-electron chi connectivity index (χ1n) is 12.7. The third kappa shape index (κ3) is 5.02. The Morgan fingerprint density at radius 2 is 1.60 bits per heavy atom. The van der Waals surface area contributed by atoms with E-state index in [1.165, 1.54) is 10.9 Å². The van der Waals surface area contributed by atoms with E-state index in [2.05, 4.69) is 25.5 Å². The largest absolute Gasteiger partial charge is 0.310 e. The highest BCUT2D eigenvalue weighted by Gasteiger charge is 2.21. The van der Waals surface area contributed by atoms with Crippen molar-refractivity contribution in [3.05, 3.63) is 129 Å². The zero-order valence-corrected chi connectivity index (χ0v) is 22.2.